The maximum Gasteiger partial charge on any atom is 0.413 e. The van der Waals surface area contributed by atoms with E-state index in [1.54, 1.807) is 36.5 Å². The number of hydrogen-bond acceptors (Lipinski definition) is 8. The van der Waals surface area contributed by atoms with Gasteiger partial charge in [0, 0.05) is 23.5 Å². The van der Waals surface area contributed by atoms with Gasteiger partial charge in [0.05, 0.1) is 19.1 Å². The minimum atomic E-state index is -1.63. The average molecular weight is 679 g/mol. The Kier molecular flexibility index (Phi) is 14.8. The number of rotatable bonds is 18. The predicted molar refractivity (Wildman–Crippen MR) is 182 cm³/mol. The number of unbranched alkanes of at least 4 members (excludes halogenated alkanes) is 1. The predicted octanol–water partition coefficient (Wildman–Crippen LogP) is 2.31. The number of amides is 5. The Morgan fingerprint density at radius 3 is 2.12 bits per heavy atom. The molecule has 14 nitrogen and oxygen atoms in total. The van der Waals surface area contributed by atoms with E-state index < -0.39 is 66.3 Å². The second kappa shape index (κ2) is 18.9. The molecule has 0 radical (unpaired) electrons. The molecule has 3 aromatic rings. The first-order valence-electron chi connectivity index (χ1n) is 16.3. The number of ether oxygens (including phenoxy) is 1. The summed E-state index contributed by atoms with van der Waals surface area (Å²) < 4.78 is 5.00. The molecule has 0 bridgehead atoms. The number of H-pyrrole nitrogens is 1. The van der Waals surface area contributed by atoms with Crippen molar-refractivity contribution >= 4 is 46.6 Å². The van der Waals surface area contributed by atoms with Gasteiger partial charge >= 0.3 is 12.1 Å². The van der Waals surface area contributed by atoms with Gasteiger partial charge in [-0.1, -0.05) is 75.7 Å². The molecule has 1 heterocycles. The van der Waals surface area contributed by atoms with Crippen molar-refractivity contribution in [3.8, 4) is 0 Å². The number of aromatic nitrogens is 1. The summed E-state index contributed by atoms with van der Waals surface area (Å²) >= 11 is 0. The fraction of sp³-hybridized carbons (Fsp3) is 0.429. The molecule has 264 valence electrons. The number of benzene rings is 2. The number of hydrogen-bond donors (Lipinski definition) is 7. The number of carboxylic acids is 1. The summed E-state index contributed by atoms with van der Waals surface area (Å²) in [5.41, 5.74) is 8.59. The molecule has 0 saturated heterocycles. The van der Waals surface area contributed by atoms with Gasteiger partial charge in [-0.25, -0.2) is 4.79 Å². The lowest BCUT2D eigenvalue weighted by molar-refractivity contribution is -0.141. The Hall–Kier alpha value is -5.24. The maximum atomic E-state index is 13.5. The summed E-state index contributed by atoms with van der Waals surface area (Å²) in [6.07, 6.45) is 1.63. The standard InChI is InChI=1S/C35H46N6O8/c1-4-5-15-49-35(48)41-34(47)28(17-22-11-7-6-8-12-22)39-33(46)29(19-30(42)43)40-32(45)27(16-21(2)3)38-31(44)25(36)18-23-20-37-26-14-10-9-13-24(23)26/h6-14,20-21,25,27-29,37H,4-5,15-19,36H2,1-3H3,(H,38,44)(H,39,46)(H,40,45)(H,42,43)(H,41,47,48)/t25-,27-,28-,29-/m0/s1. The first kappa shape index (κ1) is 38.2. The van der Waals surface area contributed by atoms with Crippen molar-refractivity contribution < 1.29 is 38.6 Å². The fourth-order valence-corrected chi connectivity index (χ4v) is 5.13. The van der Waals surface area contributed by atoms with Gasteiger partial charge < -0.3 is 36.5 Å². The summed E-state index contributed by atoms with van der Waals surface area (Å²) in [7, 11) is 0. The molecule has 5 amide bonds. The Balaban J connectivity index is 1.74. The van der Waals surface area contributed by atoms with Crippen LogP contribution >= 0.6 is 0 Å². The van der Waals surface area contributed by atoms with Crippen LogP contribution in [0.25, 0.3) is 10.9 Å². The van der Waals surface area contributed by atoms with Gasteiger partial charge in [0.15, 0.2) is 0 Å². The molecule has 0 unspecified atom stereocenters. The van der Waals surface area contributed by atoms with Crippen LogP contribution in [0.5, 0.6) is 0 Å². The first-order valence-corrected chi connectivity index (χ1v) is 16.3. The quantitative estimate of drug-likeness (QED) is 0.0980. The van der Waals surface area contributed by atoms with E-state index in [2.05, 4.69) is 26.3 Å². The summed E-state index contributed by atoms with van der Waals surface area (Å²) in [5, 5.41) is 20.2. The zero-order chi connectivity index (χ0) is 35.9. The SMILES string of the molecule is CCCCOC(=O)NC(=O)[C@H](Cc1ccccc1)NC(=O)[C@H](CC(=O)O)NC(=O)[C@H](CC(C)C)NC(=O)[C@@H](N)Cc1c[nH]c2ccccc12. The fourth-order valence-electron chi connectivity index (χ4n) is 5.13. The monoisotopic (exact) mass is 678 g/mol. The summed E-state index contributed by atoms with van der Waals surface area (Å²) in [5.74, 6) is -4.73. The van der Waals surface area contributed by atoms with E-state index in [0.717, 1.165) is 22.9 Å². The third-order valence-electron chi connectivity index (χ3n) is 7.68. The lowest BCUT2D eigenvalue weighted by Gasteiger charge is -2.26. The molecule has 0 aliphatic carbocycles. The lowest BCUT2D eigenvalue weighted by atomic mass is 10.0. The topological polar surface area (TPSA) is 222 Å². The van der Waals surface area contributed by atoms with Crippen LogP contribution < -0.4 is 27.0 Å². The lowest BCUT2D eigenvalue weighted by Crippen LogP contribution is -2.59. The van der Waals surface area contributed by atoms with Crippen LogP contribution in [0.2, 0.25) is 0 Å². The van der Waals surface area contributed by atoms with Gasteiger partial charge in [-0.3, -0.25) is 29.3 Å². The Morgan fingerprint density at radius 2 is 1.45 bits per heavy atom. The van der Waals surface area contributed by atoms with Gasteiger partial charge in [0.2, 0.25) is 17.7 Å². The van der Waals surface area contributed by atoms with Crippen LogP contribution in [0.4, 0.5) is 4.79 Å². The van der Waals surface area contributed by atoms with Crippen molar-refractivity contribution in [2.75, 3.05) is 6.61 Å². The van der Waals surface area contributed by atoms with Crippen LogP contribution in [0.3, 0.4) is 0 Å². The smallest absolute Gasteiger partial charge is 0.413 e. The highest BCUT2D eigenvalue weighted by atomic mass is 16.5. The molecule has 3 rings (SSSR count). The Bertz CT molecular complexity index is 1590. The summed E-state index contributed by atoms with van der Waals surface area (Å²) in [6.45, 7) is 5.67. The van der Waals surface area contributed by atoms with Crippen molar-refractivity contribution in [3.05, 3.63) is 71.9 Å². The van der Waals surface area contributed by atoms with E-state index in [9.17, 15) is 33.9 Å². The van der Waals surface area contributed by atoms with E-state index in [1.807, 2.05) is 45.0 Å². The molecule has 0 fully saturated rings. The van der Waals surface area contributed by atoms with Crippen LogP contribution in [0, 0.1) is 5.92 Å². The molecule has 0 aliphatic heterocycles. The largest absolute Gasteiger partial charge is 0.481 e. The first-order chi connectivity index (χ1) is 23.4. The van der Waals surface area contributed by atoms with Crippen molar-refractivity contribution in [2.45, 2.75) is 83.5 Å². The van der Waals surface area contributed by atoms with Gasteiger partial charge in [0.1, 0.15) is 18.1 Å². The second-order valence-electron chi connectivity index (χ2n) is 12.2. The number of carbonyl (C=O) groups is 6. The number of fused-ring (bicyclic) bond motifs is 1. The number of carbonyl (C=O) groups excluding carboxylic acids is 5. The zero-order valence-electron chi connectivity index (χ0n) is 28.0. The molecule has 14 heteroatoms. The number of nitrogens with two attached hydrogens (primary N) is 1. The zero-order valence-corrected chi connectivity index (χ0v) is 28.0. The number of aliphatic carboxylic acids is 1. The van der Waals surface area contributed by atoms with E-state index in [-0.39, 0.29) is 31.8 Å². The van der Waals surface area contributed by atoms with Crippen molar-refractivity contribution in [1.82, 2.24) is 26.3 Å². The summed E-state index contributed by atoms with van der Waals surface area (Å²) in [4.78, 5) is 80.4. The van der Waals surface area contributed by atoms with Gasteiger partial charge in [-0.2, -0.15) is 0 Å². The molecule has 4 atom stereocenters. The maximum absolute atomic E-state index is 13.5. The van der Waals surface area contributed by atoms with E-state index in [1.165, 1.54) is 0 Å². The summed E-state index contributed by atoms with van der Waals surface area (Å²) in [6, 6.07) is 11.1. The third kappa shape index (κ3) is 12.4. The molecule has 49 heavy (non-hydrogen) atoms. The number of nitrogens with one attached hydrogen (secondary N) is 5. The minimum Gasteiger partial charge on any atom is -0.481 e. The van der Waals surface area contributed by atoms with Gasteiger partial charge in [-0.05, 0) is 42.4 Å². The average Bonchev–Trinajstić information content (AvgIpc) is 3.46. The van der Waals surface area contributed by atoms with Crippen LogP contribution in [0.15, 0.2) is 60.8 Å². The number of alkyl carbamates (subject to hydrolysis) is 1. The Labute approximate surface area is 284 Å². The van der Waals surface area contributed by atoms with Crippen LogP contribution in [-0.2, 0) is 41.6 Å². The second-order valence-corrected chi connectivity index (χ2v) is 12.2. The number of para-hydroxylation sites is 1. The highest BCUT2D eigenvalue weighted by molar-refractivity contribution is 5.99. The molecule has 0 aliphatic rings. The number of imide groups is 1. The third-order valence-corrected chi connectivity index (χ3v) is 7.68. The van der Waals surface area contributed by atoms with Crippen LogP contribution in [0.1, 0.15) is 57.6 Å². The van der Waals surface area contributed by atoms with Gasteiger partial charge in [0.25, 0.3) is 5.91 Å². The highest BCUT2D eigenvalue weighted by Crippen LogP contribution is 2.19. The number of carboxylic acid groups (broad SMARTS) is 1. The van der Waals surface area contributed by atoms with E-state index >= 15 is 0 Å². The molecular formula is C35H46N6O8. The number of aromatic amines is 1. The molecule has 0 spiro atoms. The Morgan fingerprint density at radius 1 is 0.816 bits per heavy atom. The molecule has 1 aromatic heterocycles. The molecular weight excluding hydrogens is 632 g/mol. The van der Waals surface area contributed by atoms with Gasteiger partial charge in [-0.15, -0.1) is 0 Å². The molecule has 0 saturated carbocycles. The van der Waals surface area contributed by atoms with Crippen molar-refractivity contribution in [1.29, 1.82) is 0 Å². The molecule has 8 N–H and O–H groups in total. The van der Waals surface area contributed by atoms with E-state index in [0.29, 0.717) is 12.0 Å². The van der Waals surface area contributed by atoms with E-state index in [4.69, 9.17) is 10.5 Å². The van der Waals surface area contributed by atoms with Crippen molar-refractivity contribution in [2.24, 2.45) is 11.7 Å². The van der Waals surface area contributed by atoms with Crippen LogP contribution in [-0.4, -0.2) is 76.6 Å². The highest BCUT2D eigenvalue weighted by Gasteiger charge is 2.32. The minimum absolute atomic E-state index is 0.0469. The van der Waals surface area contributed by atoms with Crippen molar-refractivity contribution in [3.63, 3.8) is 0 Å². The normalized spacial score (nSPS) is 13.5. The molecule has 2 aromatic carbocycles.